The third-order valence-electron chi connectivity index (χ3n) is 2.60. The second-order valence-electron chi connectivity index (χ2n) is 4.09. The van der Waals surface area contributed by atoms with E-state index >= 15 is 0 Å². The highest BCUT2D eigenvalue weighted by Gasteiger charge is 2.09. The number of esters is 1. The van der Waals surface area contributed by atoms with Gasteiger partial charge in [-0.2, -0.15) is 0 Å². The van der Waals surface area contributed by atoms with Crippen molar-refractivity contribution in [1.82, 2.24) is 4.98 Å². The second-order valence-corrected chi connectivity index (χ2v) is 5.12. The van der Waals surface area contributed by atoms with E-state index in [0.29, 0.717) is 22.7 Å². The quantitative estimate of drug-likeness (QED) is 0.542. The van der Waals surface area contributed by atoms with Crippen LogP contribution >= 0.6 is 11.3 Å². The molecule has 19 heavy (non-hydrogen) atoms. The predicted molar refractivity (Wildman–Crippen MR) is 72.4 cm³/mol. The molecule has 1 aromatic carbocycles. The lowest BCUT2D eigenvalue weighted by atomic mass is 10.3. The first-order valence-electron chi connectivity index (χ1n) is 5.81. The van der Waals surface area contributed by atoms with Crippen LogP contribution in [0.4, 0.5) is 0 Å². The first kappa shape index (κ1) is 11.9. The number of ether oxygens (including phenoxy) is 1. The normalized spacial score (nSPS) is 10.8. The Morgan fingerprint density at radius 1 is 1.42 bits per heavy atom. The molecule has 0 saturated carbocycles. The Hall–Kier alpha value is -2.14. The zero-order chi connectivity index (χ0) is 13.2. The number of rotatable bonds is 3. The number of thiophene rings is 1. The molecule has 5 heteroatoms. The van der Waals surface area contributed by atoms with Crippen molar-refractivity contribution in [2.24, 2.45) is 0 Å². The average Bonchev–Trinajstić information content (AvgIpc) is 2.96. The summed E-state index contributed by atoms with van der Waals surface area (Å²) in [6, 6.07) is 8.99. The van der Waals surface area contributed by atoms with Crippen LogP contribution in [-0.2, 0) is 11.2 Å². The number of nitrogens with zero attached hydrogens (tertiary/aromatic N) is 1. The van der Waals surface area contributed by atoms with Crippen molar-refractivity contribution in [2.75, 3.05) is 0 Å². The fourth-order valence-corrected chi connectivity index (χ4v) is 2.50. The number of benzene rings is 1. The lowest BCUT2D eigenvalue weighted by Crippen LogP contribution is -2.10. The summed E-state index contributed by atoms with van der Waals surface area (Å²) in [5.74, 6) is 0.807. The molecule has 0 aliphatic heterocycles. The van der Waals surface area contributed by atoms with E-state index < -0.39 is 0 Å². The lowest BCUT2D eigenvalue weighted by molar-refractivity contribution is -0.133. The number of oxazole rings is 1. The van der Waals surface area contributed by atoms with Gasteiger partial charge < -0.3 is 9.15 Å². The van der Waals surface area contributed by atoms with E-state index in [2.05, 4.69) is 4.98 Å². The van der Waals surface area contributed by atoms with Gasteiger partial charge in [0.05, 0.1) is 6.42 Å². The molecule has 0 spiro atoms. The van der Waals surface area contributed by atoms with Crippen molar-refractivity contribution >= 4 is 28.4 Å². The van der Waals surface area contributed by atoms with E-state index in [1.807, 2.05) is 17.5 Å². The van der Waals surface area contributed by atoms with Crippen LogP contribution in [0.15, 0.2) is 40.1 Å². The zero-order valence-electron chi connectivity index (χ0n) is 10.3. The van der Waals surface area contributed by atoms with Crippen molar-refractivity contribution in [3.63, 3.8) is 0 Å². The van der Waals surface area contributed by atoms with Crippen molar-refractivity contribution < 1.29 is 13.9 Å². The Balaban J connectivity index is 1.75. The monoisotopic (exact) mass is 273 g/mol. The SMILES string of the molecule is Cc1nc2cc(OC(=O)Cc3cccs3)ccc2o1. The van der Waals surface area contributed by atoms with E-state index in [4.69, 9.17) is 9.15 Å². The molecule has 0 aliphatic carbocycles. The van der Waals surface area contributed by atoms with Gasteiger partial charge in [-0.3, -0.25) is 4.79 Å². The molecule has 0 aliphatic rings. The molecule has 0 fully saturated rings. The van der Waals surface area contributed by atoms with Gasteiger partial charge in [-0.05, 0) is 23.6 Å². The summed E-state index contributed by atoms with van der Waals surface area (Å²) in [6.07, 6.45) is 0.285. The number of hydrogen-bond donors (Lipinski definition) is 0. The fraction of sp³-hybridized carbons (Fsp3) is 0.143. The topological polar surface area (TPSA) is 52.3 Å². The Morgan fingerprint density at radius 2 is 2.32 bits per heavy atom. The van der Waals surface area contributed by atoms with Crippen LogP contribution in [-0.4, -0.2) is 11.0 Å². The molecule has 0 radical (unpaired) electrons. The van der Waals surface area contributed by atoms with Gasteiger partial charge >= 0.3 is 5.97 Å². The van der Waals surface area contributed by atoms with Crippen LogP contribution in [0, 0.1) is 6.92 Å². The minimum absolute atomic E-state index is 0.276. The summed E-state index contributed by atoms with van der Waals surface area (Å²) in [4.78, 5) is 17.0. The summed E-state index contributed by atoms with van der Waals surface area (Å²) < 4.78 is 10.7. The van der Waals surface area contributed by atoms with Crippen molar-refractivity contribution in [3.05, 3.63) is 46.5 Å². The summed E-state index contributed by atoms with van der Waals surface area (Å²) in [5, 5.41) is 1.94. The van der Waals surface area contributed by atoms with Gasteiger partial charge in [0.2, 0.25) is 0 Å². The number of carbonyl (C=O) groups is 1. The number of aromatic nitrogens is 1. The van der Waals surface area contributed by atoms with Crippen LogP contribution < -0.4 is 4.74 Å². The molecule has 0 atom stereocenters. The van der Waals surface area contributed by atoms with Gasteiger partial charge in [0, 0.05) is 17.9 Å². The maximum atomic E-state index is 11.8. The van der Waals surface area contributed by atoms with Gasteiger partial charge in [0.1, 0.15) is 11.3 Å². The maximum Gasteiger partial charge on any atom is 0.316 e. The molecule has 3 aromatic rings. The molecule has 3 rings (SSSR count). The van der Waals surface area contributed by atoms with Gasteiger partial charge in [-0.15, -0.1) is 11.3 Å². The molecule has 96 valence electrons. The van der Waals surface area contributed by atoms with Crippen molar-refractivity contribution in [1.29, 1.82) is 0 Å². The molecule has 0 saturated heterocycles. The minimum Gasteiger partial charge on any atom is -0.441 e. The largest absolute Gasteiger partial charge is 0.441 e. The van der Waals surface area contributed by atoms with Gasteiger partial charge in [0.15, 0.2) is 11.5 Å². The number of aryl methyl sites for hydroxylation is 1. The standard InChI is InChI=1S/C14H11NO3S/c1-9-15-12-7-10(4-5-13(12)17-9)18-14(16)8-11-3-2-6-19-11/h2-7H,8H2,1H3. The van der Waals surface area contributed by atoms with Crippen LogP contribution in [0.3, 0.4) is 0 Å². The number of hydrogen-bond acceptors (Lipinski definition) is 5. The number of fused-ring (bicyclic) bond motifs is 1. The molecular weight excluding hydrogens is 262 g/mol. The summed E-state index contributed by atoms with van der Waals surface area (Å²) in [7, 11) is 0. The maximum absolute atomic E-state index is 11.8. The Labute approximate surface area is 113 Å². The highest BCUT2D eigenvalue weighted by atomic mass is 32.1. The van der Waals surface area contributed by atoms with Gasteiger partial charge in [0.25, 0.3) is 0 Å². The predicted octanol–water partition coefficient (Wildman–Crippen LogP) is 3.35. The van der Waals surface area contributed by atoms with Gasteiger partial charge in [-0.25, -0.2) is 4.98 Å². The van der Waals surface area contributed by atoms with E-state index in [-0.39, 0.29) is 12.4 Å². The zero-order valence-corrected chi connectivity index (χ0v) is 11.1. The second kappa shape index (κ2) is 4.85. The molecule has 0 bridgehead atoms. The molecule has 0 amide bonds. The highest BCUT2D eigenvalue weighted by molar-refractivity contribution is 7.10. The Bertz CT molecular complexity index is 715. The fourth-order valence-electron chi connectivity index (χ4n) is 1.81. The smallest absolute Gasteiger partial charge is 0.316 e. The summed E-state index contributed by atoms with van der Waals surface area (Å²) in [6.45, 7) is 1.78. The van der Waals surface area contributed by atoms with Crippen molar-refractivity contribution in [2.45, 2.75) is 13.3 Å². The van der Waals surface area contributed by atoms with Crippen LogP contribution in [0.1, 0.15) is 10.8 Å². The third kappa shape index (κ3) is 2.66. The van der Waals surface area contributed by atoms with Crippen LogP contribution in [0.5, 0.6) is 5.75 Å². The average molecular weight is 273 g/mol. The molecule has 2 heterocycles. The van der Waals surface area contributed by atoms with Gasteiger partial charge in [-0.1, -0.05) is 6.07 Å². The summed E-state index contributed by atoms with van der Waals surface area (Å²) >= 11 is 1.54. The van der Waals surface area contributed by atoms with E-state index in [1.54, 1.807) is 25.1 Å². The Kier molecular flexibility index (Phi) is 3.05. The van der Waals surface area contributed by atoms with E-state index in [1.165, 1.54) is 11.3 Å². The third-order valence-corrected chi connectivity index (χ3v) is 3.47. The minimum atomic E-state index is -0.276. The first-order chi connectivity index (χ1) is 9.20. The van der Waals surface area contributed by atoms with Crippen molar-refractivity contribution in [3.8, 4) is 5.75 Å². The molecule has 2 aromatic heterocycles. The van der Waals surface area contributed by atoms with Crippen LogP contribution in [0.25, 0.3) is 11.1 Å². The molecule has 0 unspecified atom stereocenters. The van der Waals surface area contributed by atoms with Crippen LogP contribution in [0.2, 0.25) is 0 Å². The Morgan fingerprint density at radius 3 is 3.11 bits per heavy atom. The number of carbonyl (C=O) groups excluding carboxylic acids is 1. The highest BCUT2D eigenvalue weighted by Crippen LogP contribution is 2.21. The van der Waals surface area contributed by atoms with E-state index in [9.17, 15) is 4.79 Å². The summed E-state index contributed by atoms with van der Waals surface area (Å²) in [5.41, 5.74) is 1.38. The molecular formula is C14H11NO3S. The molecule has 4 nitrogen and oxygen atoms in total. The first-order valence-corrected chi connectivity index (χ1v) is 6.69. The molecule has 0 N–H and O–H groups in total. The van der Waals surface area contributed by atoms with E-state index in [0.717, 1.165) is 4.88 Å². The lowest BCUT2D eigenvalue weighted by Gasteiger charge is -2.02.